The molecule has 0 aliphatic carbocycles. The van der Waals surface area contributed by atoms with Crippen molar-refractivity contribution >= 4 is 11.3 Å². The molecule has 1 N–H and O–H groups in total. The number of hydrogen-bond acceptors (Lipinski definition) is 4. The molecule has 1 fully saturated rings. The first-order chi connectivity index (χ1) is 7.59. The zero-order valence-electron chi connectivity index (χ0n) is 10.1. The molecule has 3 nitrogen and oxygen atoms in total. The van der Waals surface area contributed by atoms with Crippen LogP contribution in [-0.4, -0.2) is 33.7 Å². The van der Waals surface area contributed by atoms with Gasteiger partial charge in [0.1, 0.15) is 0 Å². The van der Waals surface area contributed by atoms with Gasteiger partial charge in [-0.15, -0.1) is 11.3 Å². The van der Waals surface area contributed by atoms with Gasteiger partial charge in [0.05, 0.1) is 16.3 Å². The molecule has 1 saturated heterocycles. The molecule has 1 aliphatic rings. The number of hydrogen-bond donors (Lipinski definition) is 1. The van der Waals surface area contributed by atoms with Crippen LogP contribution in [0.15, 0.2) is 5.38 Å². The molecule has 0 saturated carbocycles. The SMILES string of the molecule is CCCc1nc(CN2CCC(C)(O)C2)cs1. The van der Waals surface area contributed by atoms with E-state index in [-0.39, 0.29) is 0 Å². The van der Waals surface area contributed by atoms with Crippen molar-refractivity contribution in [3.05, 3.63) is 16.1 Å². The number of rotatable bonds is 4. The maximum Gasteiger partial charge on any atom is 0.0928 e. The molecule has 1 aromatic heterocycles. The second-order valence-electron chi connectivity index (χ2n) is 4.94. The van der Waals surface area contributed by atoms with E-state index < -0.39 is 5.60 Å². The summed E-state index contributed by atoms with van der Waals surface area (Å²) >= 11 is 1.76. The van der Waals surface area contributed by atoms with Gasteiger partial charge in [-0.05, 0) is 26.2 Å². The molecule has 90 valence electrons. The van der Waals surface area contributed by atoms with Crippen molar-refractivity contribution in [2.75, 3.05) is 13.1 Å². The van der Waals surface area contributed by atoms with Gasteiger partial charge in [0.2, 0.25) is 0 Å². The first kappa shape index (κ1) is 12.0. The number of nitrogens with zero attached hydrogens (tertiary/aromatic N) is 2. The number of aryl methyl sites for hydroxylation is 1. The molecule has 0 aromatic carbocycles. The second kappa shape index (κ2) is 4.82. The minimum Gasteiger partial charge on any atom is -0.389 e. The van der Waals surface area contributed by atoms with Crippen LogP contribution < -0.4 is 0 Å². The van der Waals surface area contributed by atoms with Gasteiger partial charge in [0, 0.05) is 25.0 Å². The van der Waals surface area contributed by atoms with Gasteiger partial charge >= 0.3 is 0 Å². The third-order valence-corrected chi connectivity index (χ3v) is 3.94. The van der Waals surface area contributed by atoms with E-state index in [1.165, 1.54) is 5.01 Å². The normalized spacial score (nSPS) is 26.4. The second-order valence-corrected chi connectivity index (χ2v) is 5.88. The van der Waals surface area contributed by atoms with E-state index in [1.54, 1.807) is 11.3 Å². The Labute approximate surface area is 101 Å². The predicted molar refractivity (Wildman–Crippen MR) is 66.6 cm³/mol. The molecular weight excluding hydrogens is 220 g/mol. The average molecular weight is 240 g/mol. The lowest BCUT2D eigenvalue weighted by atomic mass is 10.1. The number of aromatic nitrogens is 1. The van der Waals surface area contributed by atoms with E-state index in [9.17, 15) is 5.11 Å². The Bertz CT molecular complexity index is 349. The summed E-state index contributed by atoms with van der Waals surface area (Å²) in [4.78, 5) is 6.89. The van der Waals surface area contributed by atoms with Gasteiger partial charge in [0.25, 0.3) is 0 Å². The number of thiazole rings is 1. The summed E-state index contributed by atoms with van der Waals surface area (Å²) < 4.78 is 0. The van der Waals surface area contributed by atoms with Crippen LogP contribution in [0.3, 0.4) is 0 Å². The zero-order chi connectivity index (χ0) is 11.6. The van der Waals surface area contributed by atoms with Crippen molar-refractivity contribution in [2.45, 2.75) is 45.3 Å². The molecule has 16 heavy (non-hydrogen) atoms. The molecule has 0 amide bonds. The molecule has 0 bridgehead atoms. The van der Waals surface area contributed by atoms with Gasteiger partial charge < -0.3 is 5.11 Å². The number of aliphatic hydroxyl groups is 1. The Morgan fingerprint density at radius 2 is 2.44 bits per heavy atom. The number of likely N-dealkylation sites (tertiary alicyclic amines) is 1. The topological polar surface area (TPSA) is 36.4 Å². The van der Waals surface area contributed by atoms with E-state index >= 15 is 0 Å². The van der Waals surface area contributed by atoms with Gasteiger partial charge in [-0.2, -0.15) is 0 Å². The van der Waals surface area contributed by atoms with Crippen molar-refractivity contribution in [3.63, 3.8) is 0 Å². The summed E-state index contributed by atoms with van der Waals surface area (Å²) in [5, 5.41) is 13.3. The maximum atomic E-state index is 9.87. The average Bonchev–Trinajstić information content (AvgIpc) is 2.75. The largest absolute Gasteiger partial charge is 0.389 e. The summed E-state index contributed by atoms with van der Waals surface area (Å²) in [5.41, 5.74) is 0.661. The van der Waals surface area contributed by atoms with E-state index in [4.69, 9.17) is 0 Å². The Kier molecular flexibility index (Phi) is 3.62. The van der Waals surface area contributed by atoms with Crippen LogP contribution in [-0.2, 0) is 13.0 Å². The molecule has 0 spiro atoms. The van der Waals surface area contributed by atoms with Crippen LogP contribution in [0.25, 0.3) is 0 Å². The van der Waals surface area contributed by atoms with Crippen LogP contribution in [0, 0.1) is 0 Å². The Balaban J connectivity index is 1.89. The monoisotopic (exact) mass is 240 g/mol. The summed E-state index contributed by atoms with van der Waals surface area (Å²) in [7, 11) is 0. The predicted octanol–water partition coefficient (Wildman–Crippen LogP) is 2.05. The molecule has 1 aliphatic heterocycles. The van der Waals surface area contributed by atoms with Crippen LogP contribution in [0.4, 0.5) is 0 Å². The highest BCUT2D eigenvalue weighted by atomic mass is 32.1. The standard InChI is InChI=1S/C12H20N2OS/c1-3-4-11-13-10(8-16-11)7-14-6-5-12(2,15)9-14/h8,15H,3-7,9H2,1-2H3. The molecular formula is C12H20N2OS. The third-order valence-electron chi connectivity index (χ3n) is 2.98. The first-order valence-corrected chi connectivity index (χ1v) is 6.85. The smallest absolute Gasteiger partial charge is 0.0928 e. The van der Waals surface area contributed by atoms with Crippen molar-refractivity contribution < 1.29 is 5.11 Å². The van der Waals surface area contributed by atoms with Gasteiger partial charge in [-0.1, -0.05) is 6.92 Å². The summed E-state index contributed by atoms with van der Waals surface area (Å²) in [6.07, 6.45) is 3.12. The fraction of sp³-hybridized carbons (Fsp3) is 0.750. The minimum absolute atomic E-state index is 0.498. The summed E-state index contributed by atoms with van der Waals surface area (Å²) in [5.74, 6) is 0. The Morgan fingerprint density at radius 3 is 3.06 bits per heavy atom. The van der Waals surface area contributed by atoms with Crippen LogP contribution in [0.1, 0.15) is 37.4 Å². The fourth-order valence-electron chi connectivity index (χ4n) is 2.15. The summed E-state index contributed by atoms with van der Waals surface area (Å²) in [6.45, 7) is 6.73. The van der Waals surface area contributed by atoms with Crippen molar-refractivity contribution in [3.8, 4) is 0 Å². The summed E-state index contributed by atoms with van der Waals surface area (Å²) in [6, 6.07) is 0. The van der Waals surface area contributed by atoms with E-state index in [2.05, 4.69) is 22.2 Å². The quantitative estimate of drug-likeness (QED) is 0.875. The lowest BCUT2D eigenvalue weighted by Gasteiger charge is -2.17. The molecule has 0 radical (unpaired) electrons. The third kappa shape index (κ3) is 3.03. The lowest BCUT2D eigenvalue weighted by molar-refractivity contribution is 0.0678. The van der Waals surface area contributed by atoms with Crippen LogP contribution >= 0.6 is 11.3 Å². The Hall–Kier alpha value is -0.450. The highest BCUT2D eigenvalue weighted by Crippen LogP contribution is 2.22. The molecule has 2 heterocycles. The zero-order valence-corrected chi connectivity index (χ0v) is 10.9. The molecule has 1 unspecified atom stereocenters. The van der Waals surface area contributed by atoms with Crippen LogP contribution in [0.2, 0.25) is 0 Å². The lowest BCUT2D eigenvalue weighted by Crippen LogP contribution is -2.29. The molecule has 1 atom stereocenters. The van der Waals surface area contributed by atoms with E-state index in [0.717, 1.165) is 44.6 Å². The van der Waals surface area contributed by atoms with E-state index in [0.29, 0.717) is 0 Å². The molecule has 4 heteroatoms. The molecule has 2 rings (SSSR count). The van der Waals surface area contributed by atoms with Crippen molar-refractivity contribution in [2.24, 2.45) is 0 Å². The molecule has 1 aromatic rings. The minimum atomic E-state index is -0.498. The van der Waals surface area contributed by atoms with E-state index in [1.807, 2.05) is 6.92 Å². The highest BCUT2D eigenvalue weighted by Gasteiger charge is 2.31. The van der Waals surface area contributed by atoms with Crippen molar-refractivity contribution in [1.29, 1.82) is 0 Å². The highest BCUT2D eigenvalue weighted by molar-refractivity contribution is 7.09. The van der Waals surface area contributed by atoms with Crippen LogP contribution in [0.5, 0.6) is 0 Å². The first-order valence-electron chi connectivity index (χ1n) is 5.97. The Morgan fingerprint density at radius 1 is 1.62 bits per heavy atom. The fourth-order valence-corrected chi connectivity index (χ4v) is 3.04. The van der Waals surface area contributed by atoms with Gasteiger partial charge in [-0.3, -0.25) is 4.90 Å². The maximum absolute atomic E-state index is 9.87. The van der Waals surface area contributed by atoms with Gasteiger partial charge in [0.15, 0.2) is 0 Å². The van der Waals surface area contributed by atoms with Gasteiger partial charge in [-0.25, -0.2) is 4.98 Å². The number of β-amino-alcohol motifs (C(OH)–C–C–N with tert-alkyl or cyclic N) is 1. The van der Waals surface area contributed by atoms with Crippen molar-refractivity contribution in [1.82, 2.24) is 9.88 Å².